The van der Waals surface area contributed by atoms with Crippen molar-refractivity contribution >= 4 is 17.5 Å². The third-order valence-electron chi connectivity index (χ3n) is 2.47. The summed E-state index contributed by atoms with van der Waals surface area (Å²) in [5.74, 6) is 0.803. The predicted octanol–water partition coefficient (Wildman–Crippen LogP) is 2.64. The molecule has 0 unspecified atom stereocenters. The number of benzene rings is 1. The molecule has 1 rings (SSSR count). The van der Waals surface area contributed by atoms with Gasteiger partial charge in [-0.1, -0.05) is 11.6 Å². The van der Waals surface area contributed by atoms with E-state index in [1.54, 1.807) is 19.1 Å². The Balaban J connectivity index is 3.07. The fraction of sp³-hybridized carbons (Fsp3) is 0.417. The third-order valence-corrected chi connectivity index (χ3v) is 2.68. The number of carbonyl (C=O) groups is 1. The summed E-state index contributed by atoms with van der Waals surface area (Å²) in [5, 5.41) is 0.658. The fourth-order valence-electron chi connectivity index (χ4n) is 1.58. The fourth-order valence-corrected chi connectivity index (χ4v) is 1.87. The van der Waals surface area contributed by atoms with E-state index < -0.39 is 0 Å². The van der Waals surface area contributed by atoms with E-state index in [9.17, 15) is 4.79 Å². The van der Waals surface area contributed by atoms with E-state index in [4.69, 9.17) is 16.3 Å². The molecule has 0 aliphatic carbocycles. The van der Waals surface area contributed by atoms with Crippen LogP contribution in [0.3, 0.4) is 0 Å². The van der Waals surface area contributed by atoms with Crippen molar-refractivity contribution < 1.29 is 9.53 Å². The summed E-state index contributed by atoms with van der Waals surface area (Å²) < 4.78 is 5.32. The van der Waals surface area contributed by atoms with Crippen LogP contribution in [-0.4, -0.2) is 25.0 Å². The van der Waals surface area contributed by atoms with Crippen molar-refractivity contribution in [2.24, 2.45) is 0 Å². The van der Waals surface area contributed by atoms with Gasteiger partial charge in [0.1, 0.15) is 5.75 Å². The van der Waals surface area contributed by atoms with Crippen LogP contribution in [0, 0.1) is 6.92 Å². The number of hydrogen-bond acceptors (Lipinski definition) is 2. The van der Waals surface area contributed by atoms with Gasteiger partial charge in [0, 0.05) is 31.1 Å². The van der Waals surface area contributed by atoms with Gasteiger partial charge in [-0.25, -0.2) is 0 Å². The van der Waals surface area contributed by atoms with Gasteiger partial charge >= 0.3 is 0 Å². The summed E-state index contributed by atoms with van der Waals surface area (Å²) >= 11 is 5.98. The molecular formula is C12H16ClNO2. The number of halogens is 1. The third kappa shape index (κ3) is 2.89. The van der Waals surface area contributed by atoms with Crippen molar-refractivity contribution in [3.63, 3.8) is 0 Å². The van der Waals surface area contributed by atoms with Crippen LogP contribution in [-0.2, 0) is 11.3 Å². The van der Waals surface area contributed by atoms with Crippen molar-refractivity contribution in [2.75, 3.05) is 14.2 Å². The smallest absolute Gasteiger partial charge is 0.219 e. The molecular weight excluding hydrogens is 226 g/mol. The number of aryl methyl sites for hydroxylation is 1. The number of ether oxygens (including phenoxy) is 1. The summed E-state index contributed by atoms with van der Waals surface area (Å²) in [7, 11) is 3.37. The lowest BCUT2D eigenvalue weighted by molar-refractivity contribution is -0.128. The molecule has 0 radical (unpaired) electrons. The molecule has 1 aromatic carbocycles. The SMILES string of the molecule is COc1c(C)cc(Cl)cc1CN(C)C(C)=O. The predicted molar refractivity (Wildman–Crippen MR) is 64.9 cm³/mol. The average Bonchev–Trinajstić information content (AvgIpc) is 2.16. The van der Waals surface area contributed by atoms with Crippen molar-refractivity contribution in [1.82, 2.24) is 4.90 Å². The first-order chi connectivity index (χ1) is 7.45. The van der Waals surface area contributed by atoms with Gasteiger partial charge in [0.2, 0.25) is 5.91 Å². The lowest BCUT2D eigenvalue weighted by atomic mass is 10.1. The maximum absolute atomic E-state index is 11.2. The zero-order valence-corrected chi connectivity index (χ0v) is 10.8. The summed E-state index contributed by atoms with van der Waals surface area (Å²) in [6.07, 6.45) is 0. The highest BCUT2D eigenvalue weighted by Gasteiger charge is 2.11. The van der Waals surface area contributed by atoms with Crippen LogP contribution in [0.5, 0.6) is 5.75 Å². The minimum Gasteiger partial charge on any atom is -0.496 e. The standard InChI is InChI=1S/C12H16ClNO2/c1-8-5-11(13)6-10(12(8)16-4)7-14(3)9(2)15/h5-6H,7H2,1-4H3. The van der Waals surface area contributed by atoms with Crippen molar-refractivity contribution in [3.05, 3.63) is 28.3 Å². The summed E-state index contributed by atoms with van der Waals surface area (Å²) in [6.45, 7) is 3.96. The van der Waals surface area contributed by atoms with E-state index in [2.05, 4.69) is 0 Å². The lowest BCUT2D eigenvalue weighted by Crippen LogP contribution is -2.23. The zero-order valence-electron chi connectivity index (χ0n) is 10.0. The van der Waals surface area contributed by atoms with Gasteiger partial charge in [-0.3, -0.25) is 4.79 Å². The molecule has 3 nitrogen and oxygen atoms in total. The lowest BCUT2D eigenvalue weighted by Gasteiger charge is -2.18. The van der Waals surface area contributed by atoms with Crippen LogP contribution in [0.4, 0.5) is 0 Å². The molecule has 0 aliphatic heterocycles. The molecule has 1 aromatic rings. The Morgan fingerprint density at radius 2 is 2.12 bits per heavy atom. The summed E-state index contributed by atoms with van der Waals surface area (Å²) in [4.78, 5) is 12.8. The largest absolute Gasteiger partial charge is 0.496 e. The van der Waals surface area contributed by atoms with E-state index >= 15 is 0 Å². The minimum absolute atomic E-state index is 0.0136. The van der Waals surface area contributed by atoms with Crippen LogP contribution >= 0.6 is 11.6 Å². The number of amides is 1. The van der Waals surface area contributed by atoms with Crippen LogP contribution in [0.25, 0.3) is 0 Å². The van der Waals surface area contributed by atoms with E-state index in [1.165, 1.54) is 6.92 Å². The topological polar surface area (TPSA) is 29.5 Å². The van der Waals surface area contributed by atoms with Crippen LogP contribution in [0.15, 0.2) is 12.1 Å². The number of carbonyl (C=O) groups excluding carboxylic acids is 1. The maximum Gasteiger partial charge on any atom is 0.219 e. The summed E-state index contributed by atoms with van der Waals surface area (Å²) in [5.41, 5.74) is 1.90. The van der Waals surface area contributed by atoms with E-state index in [-0.39, 0.29) is 5.91 Å². The van der Waals surface area contributed by atoms with E-state index in [0.29, 0.717) is 11.6 Å². The molecule has 0 spiro atoms. The van der Waals surface area contributed by atoms with Gasteiger partial charge in [0.15, 0.2) is 0 Å². The van der Waals surface area contributed by atoms with Gasteiger partial charge in [-0.05, 0) is 24.6 Å². The Labute approximate surface area is 101 Å². The first-order valence-corrected chi connectivity index (χ1v) is 5.38. The highest BCUT2D eigenvalue weighted by molar-refractivity contribution is 6.30. The van der Waals surface area contributed by atoms with Gasteiger partial charge in [-0.15, -0.1) is 0 Å². The highest BCUT2D eigenvalue weighted by Crippen LogP contribution is 2.28. The number of hydrogen-bond donors (Lipinski definition) is 0. The van der Waals surface area contributed by atoms with Gasteiger partial charge in [0.25, 0.3) is 0 Å². The first-order valence-electron chi connectivity index (χ1n) is 5.00. The maximum atomic E-state index is 11.2. The second kappa shape index (κ2) is 5.21. The second-order valence-electron chi connectivity index (χ2n) is 3.79. The van der Waals surface area contributed by atoms with Gasteiger partial charge in [0.05, 0.1) is 7.11 Å². The molecule has 0 saturated carbocycles. The van der Waals surface area contributed by atoms with Crippen LogP contribution < -0.4 is 4.74 Å². The Bertz CT molecular complexity index is 404. The Morgan fingerprint density at radius 3 is 2.62 bits per heavy atom. The molecule has 4 heteroatoms. The Hall–Kier alpha value is -1.22. The molecule has 0 heterocycles. The van der Waals surface area contributed by atoms with Crippen molar-refractivity contribution in [1.29, 1.82) is 0 Å². The molecule has 0 atom stereocenters. The van der Waals surface area contributed by atoms with Crippen molar-refractivity contribution in [2.45, 2.75) is 20.4 Å². The first kappa shape index (κ1) is 12.8. The Morgan fingerprint density at radius 1 is 1.50 bits per heavy atom. The zero-order chi connectivity index (χ0) is 12.3. The van der Waals surface area contributed by atoms with Crippen LogP contribution in [0.2, 0.25) is 5.02 Å². The quantitative estimate of drug-likeness (QED) is 0.814. The monoisotopic (exact) mass is 241 g/mol. The number of methoxy groups -OCH3 is 1. The molecule has 88 valence electrons. The number of rotatable bonds is 3. The molecule has 0 aromatic heterocycles. The molecule has 0 saturated heterocycles. The molecule has 0 aliphatic rings. The summed E-state index contributed by atoms with van der Waals surface area (Å²) in [6, 6.07) is 3.67. The number of nitrogens with zero attached hydrogens (tertiary/aromatic N) is 1. The normalized spacial score (nSPS) is 10.1. The molecule has 0 N–H and O–H groups in total. The second-order valence-corrected chi connectivity index (χ2v) is 4.23. The molecule has 1 amide bonds. The van der Waals surface area contributed by atoms with Gasteiger partial charge in [-0.2, -0.15) is 0 Å². The Kier molecular flexibility index (Phi) is 4.19. The minimum atomic E-state index is 0.0136. The van der Waals surface area contributed by atoms with Crippen molar-refractivity contribution in [3.8, 4) is 5.75 Å². The molecule has 0 bridgehead atoms. The highest BCUT2D eigenvalue weighted by atomic mass is 35.5. The van der Waals surface area contributed by atoms with E-state index in [1.807, 2.05) is 19.1 Å². The van der Waals surface area contributed by atoms with Crippen LogP contribution in [0.1, 0.15) is 18.1 Å². The van der Waals surface area contributed by atoms with E-state index in [0.717, 1.165) is 16.9 Å². The molecule has 0 fully saturated rings. The molecule has 16 heavy (non-hydrogen) atoms. The van der Waals surface area contributed by atoms with Gasteiger partial charge < -0.3 is 9.64 Å². The average molecular weight is 242 g/mol.